The van der Waals surface area contributed by atoms with Crippen LogP contribution in [0.25, 0.3) is 5.00 Å². The SMILES string of the molecule is [2H]c1c(Br)nn(-c2cncs2)c1[2H]. The molecule has 2 aromatic rings. The van der Waals surface area contributed by atoms with Gasteiger partial charge < -0.3 is 0 Å². The molecule has 2 rings (SSSR count). The van der Waals surface area contributed by atoms with Crippen LogP contribution in [0.3, 0.4) is 0 Å². The van der Waals surface area contributed by atoms with E-state index >= 15 is 0 Å². The third-order valence-corrected chi connectivity index (χ3v) is 2.18. The van der Waals surface area contributed by atoms with Crippen LogP contribution < -0.4 is 0 Å². The van der Waals surface area contributed by atoms with E-state index in [0.717, 1.165) is 5.00 Å². The lowest BCUT2D eigenvalue weighted by atomic mass is 10.7. The predicted molar refractivity (Wildman–Crippen MR) is 46.9 cm³/mol. The zero-order valence-electron chi connectivity index (χ0n) is 7.28. The van der Waals surface area contributed by atoms with Crippen LogP contribution in [-0.2, 0) is 0 Å². The van der Waals surface area contributed by atoms with Gasteiger partial charge in [-0.3, -0.25) is 4.98 Å². The predicted octanol–water partition coefficient (Wildman–Crippen LogP) is 2.09. The smallest absolute Gasteiger partial charge is 0.137 e. The molecule has 5 heteroatoms. The molecular formula is C6H4BrN3S. The maximum Gasteiger partial charge on any atom is 0.137 e. The van der Waals surface area contributed by atoms with Gasteiger partial charge in [-0.25, -0.2) is 4.68 Å². The highest BCUT2D eigenvalue weighted by molar-refractivity contribution is 9.10. The summed E-state index contributed by atoms with van der Waals surface area (Å²) in [5, 5.41) is 4.72. The topological polar surface area (TPSA) is 30.7 Å². The Morgan fingerprint density at radius 1 is 1.73 bits per heavy atom. The summed E-state index contributed by atoms with van der Waals surface area (Å²) in [7, 11) is 0. The Bertz CT molecular complexity index is 425. The fourth-order valence-corrected chi connectivity index (χ4v) is 1.44. The molecule has 0 saturated heterocycles. The number of aromatic nitrogens is 3. The first-order chi connectivity index (χ1) is 6.20. The molecule has 0 aliphatic carbocycles. The Labute approximate surface area is 78.6 Å². The highest BCUT2D eigenvalue weighted by atomic mass is 79.9. The van der Waals surface area contributed by atoms with Crippen molar-refractivity contribution in [3.8, 4) is 5.00 Å². The van der Waals surface area contributed by atoms with Crippen molar-refractivity contribution in [3.63, 3.8) is 0 Å². The van der Waals surface area contributed by atoms with Crippen molar-refractivity contribution in [1.29, 1.82) is 0 Å². The van der Waals surface area contributed by atoms with Crippen molar-refractivity contribution < 1.29 is 2.74 Å². The first-order valence-corrected chi connectivity index (χ1v) is 4.48. The molecule has 0 saturated carbocycles. The second-order valence-corrected chi connectivity index (χ2v) is 3.40. The lowest BCUT2D eigenvalue weighted by molar-refractivity contribution is 0.884. The van der Waals surface area contributed by atoms with E-state index in [1.54, 1.807) is 11.7 Å². The molecule has 0 aromatic carbocycles. The quantitative estimate of drug-likeness (QED) is 0.753. The molecule has 0 aliphatic rings. The Morgan fingerprint density at radius 3 is 3.18 bits per heavy atom. The summed E-state index contributed by atoms with van der Waals surface area (Å²) in [5.74, 6) is 0. The van der Waals surface area contributed by atoms with Crippen LogP contribution >= 0.6 is 27.3 Å². The minimum atomic E-state index is 0.0659. The number of thiazole rings is 1. The number of rotatable bonds is 1. The van der Waals surface area contributed by atoms with Gasteiger partial charge in [-0.05, 0) is 22.0 Å². The van der Waals surface area contributed by atoms with E-state index in [4.69, 9.17) is 2.74 Å². The van der Waals surface area contributed by atoms with E-state index in [-0.39, 0.29) is 12.2 Å². The van der Waals surface area contributed by atoms with Gasteiger partial charge in [0, 0.05) is 6.17 Å². The molecule has 3 nitrogen and oxygen atoms in total. The van der Waals surface area contributed by atoms with Gasteiger partial charge in [-0.2, -0.15) is 5.10 Å². The van der Waals surface area contributed by atoms with Crippen LogP contribution in [0.15, 0.2) is 28.5 Å². The van der Waals surface area contributed by atoms with E-state index in [2.05, 4.69) is 26.0 Å². The number of hydrogen-bond donors (Lipinski definition) is 0. The van der Waals surface area contributed by atoms with Crippen molar-refractivity contribution in [1.82, 2.24) is 14.8 Å². The fourth-order valence-electron chi connectivity index (χ4n) is 0.655. The summed E-state index contributed by atoms with van der Waals surface area (Å²) < 4.78 is 16.7. The van der Waals surface area contributed by atoms with Gasteiger partial charge >= 0.3 is 0 Å². The minimum absolute atomic E-state index is 0.0659. The second kappa shape index (κ2) is 2.75. The van der Waals surface area contributed by atoms with E-state index in [1.807, 2.05) is 0 Å². The highest BCUT2D eigenvalue weighted by Crippen LogP contribution is 2.13. The molecule has 0 N–H and O–H groups in total. The Kier molecular flexibility index (Phi) is 1.26. The van der Waals surface area contributed by atoms with Crippen LogP contribution in [0, 0.1) is 0 Å². The summed E-state index contributed by atoms with van der Waals surface area (Å²) in [4.78, 5) is 3.88. The zero-order chi connectivity index (χ0) is 9.42. The van der Waals surface area contributed by atoms with Crippen molar-refractivity contribution in [2.75, 3.05) is 0 Å². The van der Waals surface area contributed by atoms with E-state index in [0.29, 0.717) is 4.60 Å². The van der Waals surface area contributed by atoms with Crippen LogP contribution in [0.5, 0.6) is 0 Å². The Morgan fingerprint density at radius 2 is 2.64 bits per heavy atom. The van der Waals surface area contributed by atoms with Crippen LogP contribution in [-0.4, -0.2) is 14.8 Å². The van der Waals surface area contributed by atoms with E-state index in [1.165, 1.54) is 16.0 Å². The van der Waals surface area contributed by atoms with Crippen molar-refractivity contribution in [3.05, 3.63) is 28.5 Å². The summed E-state index contributed by atoms with van der Waals surface area (Å²) >= 11 is 4.47. The summed E-state index contributed by atoms with van der Waals surface area (Å²) in [6.45, 7) is 0. The lowest BCUT2D eigenvalue weighted by Gasteiger charge is -1.90. The Hall–Kier alpha value is -0.680. The zero-order valence-corrected chi connectivity index (χ0v) is 7.69. The molecule has 0 bridgehead atoms. The molecule has 0 radical (unpaired) electrons. The fraction of sp³-hybridized carbons (Fsp3) is 0. The van der Waals surface area contributed by atoms with Gasteiger partial charge in [0.1, 0.15) is 9.60 Å². The molecule has 0 atom stereocenters. The largest absolute Gasteiger partial charge is 0.251 e. The van der Waals surface area contributed by atoms with E-state index < -0.39 is 0 Å². The molecule has 0 amide bonds. The van der Waals surface area contributed by atoms with Crippen LogP contribution in [0.2, 0.25) is 0 Å². The molecule has 0 unspecified atom stereocenters. The molecule has 56 valence electrons. The second-order valence-electron chi connectivity index (χ2n) is 1.78. The first kappa shape index (κ1) is 5.05. The third kappa shape index (κ3) is 1.34. The molecular weight excluding hydrogens is 226 g/mol. The standard InChI is InChI=1S/C6H4BrN3S/c7-5-1-2-10(9-5)6-3-8-4-11-6/h1-4H/i1D,2D. The van der Waals surface area contributed by atoms with Gasteiger partial charge in [0.25, 0.3) is 0 Å². The van der Waals surface area contributed by atoms with Gasteiger partial charge in [0.05, 0.1) is 14.4 Å². The normalized spacial score (nSPS) is 12.8. The number of nitrogens with zero attached hydrogens (tertiary/aromatic N) is 3. The van der Waals surface area contributed by atoms with Crippen molar-refractivity contribution in [2.24, 2.45) is 0 Å². The maximum atomic E-state index is 7.55. The van der Waals surface area contributed by atoms with E-state index in [9.17, 15) is 0 Å². The van der Waals surface area contributed by atoms with Gasteiger partial charge in [-0.15, -0.1) is 11.3 Å². The van der Waals surface area contributed by atoms with Gasteiger partial charge in [0.15, 0.2) is 0 Å². The average Bonchev–Trinajstić information content (AvgIpc) is 2.70. The number of halogens is 1. The molecule has 0 fully saturated rings. The average molecular weight is 232 g/mol. The molecule has 11 heavy (non-hydrogen) atoms. The minimum Gasteiger partial charge on any atom is -0.251 e. The maximum absolute atomic E-state index is 7.55. The molecule has 0 aliphatic heterocycles. The first-order valence-electron chi connectivity index (χ1n) is 3.80. The Balaban J connectivity index is 2.59. The van der Waals surface area contributed by atoms with Crippen LogP contribution in [0.1, 0.15) is 2.74 Å². The van der Waals surface area contributed by atoms with Gasteiger partial charge in [0.2, 0.25) is 0 Å². The summed E-state index contributed by atoms with van der Waals surface area (Å²) in [5.41, 5.74) is 1.66. The summed E-state index contributed by atoms with van der Waals surface area (Å²) in [6, 6.07) is 0.0911. The number of hydrogen-bond acceptors (Lipinski definition) is 3. The highest BCUT2D eigenvalue weighted by Gasteiger charge is 1.98. The van der Waals surface area contributed by atoms with Gasteiger partial charge in [-0.1, -0.05) is 0 Å². The molecule has 2 aromatic heterocycles. The van der Waals surface area contributed by atoms with Crippen LogP contribution in [0.4, 0.5) is 0 Å². The molecule has 0 spiro atoms. The molecule has 2 heterocycles. The van der Waals surface area contributed by atoms with Crippen molar-refractivity contribution in [2.45, 2.75) is 0 Å². The van der Waals surface area contributed by atoms with Crippen molar-refractivity contribution >= 4 is 27.3 Å². The third-order valence-electron chi connectivity index (χ3n) is 1.08. The summed E-state index contributed by atoms with van der Waals surface area (Å²) in [6.07, 6.45) is 1.68. The monoisotopic (exact) mass is 231 g/mol. The lowest BCUT2D eigenvalue weighted by Crippen LogP contribution is -1.89.